The summed E-state index contributed by atoms with van der Waals surface area (Å²) < 4.78 is 1.97. The number of nitrogens with zero attached hydrogens (tertiary/aromatic N) is 2. The number of rotatable bonds is 7. The average molecular weight is 376 g/mol. The van der Waals surface area contributed by atoms with Crippen molar-refractivity contribution >= 4 is 17.5 Å². The number of hydrogen-bond acceptors (Lipinski definition) is 3. The van der Waals surface area contributed by atoms with Gasteiger partial charge in [0.15, 0.2) is 0 Å². The second-order valence-electron chi connectivity index (χ2n) is 6.98. The van der Waals surface area contributed by atoms with Gasteiger partial charge in [-0.1, -0.05) is 24.3 Å². The number of carbonyl (C=O) groups excluding carboxylic acids is 2. The van der Waals surface area contributed by atoms with Crippen LogP contribution in [0.2, 0.25) is 0 Å². The van der Waals surface area contributed by atoms with Crippen LogP contribution in [-0.4, -0.2) is 27.4 Å². The van der Waals surface area contributed by atoms with Gasteiger partial charge < -0.3 is 15.2 Å². The van der Waals surface area contributed by atoms with E-state index in [9.17, 15) is 9.59 Å². The molecule has 2 amide bonds. The van der Waals surface area contributed by atoms with Crippen molar-refractivity contribution in [1.82, 2.24) is 14.9 Å². The van der Waals surface area contributed by atoms with Gasteiger partial charge in [-0.3, -0.25) is 9.59 Å². The van der Waals surface area contributed by atoms with E-state index in [1.807, 2.05) is 73.1 Å². The van der Waals surface area contributed by atoms with E-state index in [0.717, 1.165) is 11.1 Å². The summed E-state index contributed by atoms with van der Waals surface area (Å²) in [6.07, 6.45) is 5.72. The molecule has 0 unspecified atom stereocenters. The first kappa shape index (κ1) is 19.4. The first-order valence-electron chi connectivity index (χ1n) is 9.24. The van der Waals surface area contributed by atoms with E-state index in [1.165, 1.54) is 0 Å². The van der Waals surface area contributed by atoms with Crippen LogP contribution in [-0.2, 0) is 17.8 Å². The molecule has 0 fully saturated rings. The molecular weight excluding hydrogens is 352 g/mol. The van der Waals surface area contributed by atoms with E-state index >= 15 is 0 Å². The molecule has 2 N–H and O–H groups in total. The average Bonchev–Trinajstić information content (AvgIpc) is 3.16. The van der Waals surface area contributed by atoms with E-state index in [4.69, 9.17) is 0 Å². The minimum Gasteiger partial charge on any atom is -0.354 e. The third-order valence-corrected chi connectivity index (χ3v) is 4.17. The molecule has 0 spiro atoms. The van der Waals surface area contributed by atoms with Gasteiger partial charge in [-0.2, -0.15) is 0 Å². The summed E-state index contributed by atoms with van der Waals surface area (Å²) in [4.78, 5) is 28.3. The number of amides is 2. The van der Waals surface area contributed by atoms with Gasteiger partial charge in [0.25, 0.3) is 5.91 Å². The zero-order chi connectivity index (χ0) is 19.9. The maximum Gasteiger partial charge on any atom is 0.255 e. The van der Waals surface area contributed by atoms with Gasteiger partial charge in [0, 0.05) is 36.2 Å². The van der Waals surface area contributed by atoms with Crippen LogP contribution in [0.5, 0.6) is 0 Å². The number of nitrogens with one attached hydrogen (secondary N) is 2. The lowest BCUT2D eigenvalue weighted by atomic mass is 10.1. The van der Waals surface area contributed by atoms with Gasteiger partial charge in [0.2, 0.25) is 5.91 Å². The lowest BCUT2D eigenvalue weighted by Crippen LogP contribution is -2.31. The molecule has 0 saturated carbocycles. The quantitative estimate of drug-likeness (QED) is 0.665. The fourth-order valence-corrected chi connectivity index (χ4v) is 2.82. The third kappa shape index (κ3) is 5.54. The van der Waals surface area contributed by atoms with E-state index < -0.39 is 0 Å². The largest absolute Gasteiger partial charge is 0.354 e. The van der Waals surface area contributed by atoms with Crippen molar-refractivity contribution in [2.45, 2.75) is 32.9 Å². The predicted molar refractivity (Wildman–Crippen MR) is 109 cm³/mol. The van der Waals surface area contributed by atoms with Crippen LogP contribution in [0, 0.1) is 0 Å². The minimum atomic E-state index is -0.167. The van der Waals surface area contributed by atoms with Gasteiger partial charge in [-0.05, 0) is 49.2 Å². The Morgan fingerprint density at radius 3 is 2.29 bits per heavy atom. The SMILES string of the molecule is CC(C)NC(=O)Cc1ccc(NC(=O)c2ccc(Cn3ccnc3)cc2)cc1. The third-order valence-electron chi connectivity index (χ3n) is 4.17. The molecule has 1 heterocycles. The lowest BCUT2D eigenvalue weighted by Gasteiger charge is -2.09. The van der Waals surface area contributed by atoms with Crippen molar-refractivity contribution in [3.8, 4) is 0 Å². The van der Waals surface area contributed by atoms with Crippen molar-refractivity contribution in [3.63, 3.8) is 0 Å². The number of benzene rings is 2. The van der Waals surface area contributed by atoms with Crippen molar-refractivity contribution in [2.75, 3.05) is 5.32 Å². The Balaban J connectivity index is 1.56. The Hall–Kier alpha value is -3.41. The molecule has 6 nitrogen and oxygen atoms in total. The molecule has 6 heteroatoms. The number of aromatic nitrogens is 2. The first-order valence-corrected chi connectivity index (χ1v) is 9.24. The van der Waals surface area contributed by atoms with E-state index in [2.05, 4.69) is 15.6 Å². The van der Waals surface area contributed by atoms with E-state index in [0.29, 0.717) is 24.2 Å². The number of carbonyl (C=O) groups is 2. The molecule has 0 atom stereocenters. The summed E-state index contributed by atoms with van der Waals surface area (Å²) in [5.74, 6) is -0.179. The predicted octanol–water partition coefficient (Wildman–Crippen LogP) is 3.25. The molecule has 0 aliphatic heterocycles. The van der Waals surface area contributed by atoms with Crippen LogP contribution in [0.1, 0.15) is 35.3 Å². The van der Waals surface area contributed by atoms with Gasteiger partial charge in [0.1, 0.15) is 0 Å². The summed E-state index contributed by atoms with van der Waals surface area (Å²) in [7, 11) is 0. The fourth-order valence-electron chi connectivity index (χ4n) is 2.82. The Kier molecular flexibility index (Phi) is 6.22. The standard InChI is InChI=1S/C22H24N4O2/c1-16(2)24-21(27)13-17-5-9-20(10-6-17)25-22(28)19-7-3-18(4-8-19)14-26-12-11-23-15-26/h3-12,15-16H,13-14H2,1-2H3,(H,24,27)(H,25,28). The molecule has 0 aliphatic carbocycles. The van der Waals surface area contributed by atoms with Crippen molar-refractivity contribution in [2.24, 2.45) is 0 Å². The van der Waals surface area contributed by atoms with Crippen LogP contribution in [0.3, 0.4) is 0 Å². The summed E-state index contributed by atoms with van der Waals surface area (Å²) in [6.45, 7) is 4.58. The Morgan fingerprint density at radius 2 is 1.68 bits per heavy atom. The van der Waals surface area contributed by atoms with Crippen LogP contribution in [0.25, 0.3) is 0 Å². The Labute approximate surface area is 164 Å². The zero-order valence-corrected chi connectivity index (χ0v) is 16.1. The zero-order valence-electron chi connectivity index (χ0n) is 16.1. The van der Waals surface area contributed by atoms with Crippen LogP contribution < -0.4 is 10.6 Å². The normalized spacial score (nSPS) is 10.7. The monoisotopic (exact) mass is 376 g/mol. The highest BCUT2D eigenvalue weighted by Gasteiger charge is 2.08. The molecule has 3 rings (SSSR count). The van der Waals surface area contributed by atoms with Gasteiger partial charge in [0.05, 0.1) is 12.7 Å². The molecule has 0 radical (unpaired) electrons. The highest BCUT2D eigenvalue weighted by Crippen LogP contribution is 2.13. The van der Waals surface area contributed by atoms with Gasteiger partial charge in [-0.25, -0.2) is 4.98 Å². The molecule has 3 aromatic rings. The number of hydrogen-bond donors (Lipinski definition) is 2. The van der Waals surface area contributed by atoms with Crippen LogP contribution in [0.4, 0.5) is 5.69 Å². The minimum absolute atomic E-state index is 0.0115. The Morgan fingerprint density at radius 1 is 1.00 bits per heavy atom. The van der Waals surface area contributed by atoms with Crippen molar-refractivity contribution in [1.29, 1.82) is 0 Å². The summed E-state index contributed by atoms with van der Waals surface area (Å²) >= 11 is 0. The van der Waals surface area contributed by atoms with Crippen molar-refractivity contribution in [3.05, 3.63) is 83.9 Å². The first-order chi connectivity index (χ1) is 13.5. The molecule has 1 aromatic heterocycles. The molecule has 0 bridgehead atoms. The molecule has 0 saturated heterocycles. The number of anilines is 1. The maximum absolute atomic E-state index is 12.4. The fraction of sp³-hybridized carbons (Fsp3) is 0.227. The smallest absolute Gasteiger partial charge is 0.255 e. The second kappa shape index (κ2) is 8.99. The molecular formula is C22H24N4O2. The molecule has 144 valence electrons. The van der Waals surface area contributed by atoms with Gasteiger partial charge in [-0.15, -0.1) is 0 Å². The lowest BCUT2D eigenvalue weighted by molar-refractivity contribution is -0.120. The maximum atomic E-state index is 12.4. The summed E-state index contributed by atoms with van der Waals surface area (Å²) in [5.41, 5.74) is 3.29. The molecule has 2 aromatic carbocycles. The van der Waals surface area contributed by atoms with Gasteiger partial charge >= 0.3 is 0 Å². The van der Waals surface area contributed by atoms with E-state index in [1.54, 1.807) is 12.5 Å². The van der Waals surface area contributed by atoms with Crippen LogP contribution >= 0.6 is 0 Å². The Bertz CT molecular complexity index is 914. The summed E-state index contributed by atoms with van der Waals surface area (Å²) in [6, 6.07) is 14.9. The molecule has 28 heavy (non-hydrogen) atoms. The summed E-state index contributed by atoms with van der Waals surface area (Å²) in [5, 5.41) is 5.75. The highest BCUT2D eigenvalue weighted by atomic mass is 16.2. The molecule has 0 aliphatic rings. The van der Waals surface area contributed by atoms with Crippen molar-refractivity contribution < 1.29 is 9.59 Å². The topological polar surface area (TPSA) is 76.0 Å². The van der Waals surface area contributed by atoms with Crippen LogP contribution in [0.15, 0.2) is 67.3 Å². The highest BCUT2D eigenvalue weighted by molar-refractivity contribution is 6.04. The van der Waals surface area contributed by atoms with E-state index in [-0.39, 0.29) is 17.9 Å². The number of imidazole rings is 1. The second-order valence-corrected chi connectivity index (χ2v) is 6.98.